The van der Waals surface area contributed by atoms with Gasteiger partial charge in [-0.2, -0.15) is 0 Å². The highest BCUT2D eigenvalue weighted by Crippen LogP contribution is 2.17. The number of pyridine rings is 1. The molecule has 23 heavy (non-hydrogen) atoms. The van der Waals surface area contributed by atoms with Crippen LogP contribution in [0.25, 0.3) is 22.6 Å². The van der Waals surface area contributed by atoms with E-state index in [0.29, 0.717) is 23.5 Å². The largest absolute Gasteiger partial charge is 0.333 e. The highest BCUT2D eigenvalue weighted by molar-refractivity contribution is 5.74. The second-order valence-corrected chi connectivity index (χ2v) is 5.23. The Hall–Kier alpha value is -3.28. The maximum absolute atomic E-state index is 8.00. The molecule has 6 heteroatoms. The summed E-state index contributed by atoms with van der Waals surface area (Å²) in [7, 11) is 0. The first kappa shape index (κ1) is 13.4. The number of nitrogens with zero attached hydrogens (tertiary/aromatic N) is 4. The van der Waals surface area contributed by atoms with Gasteiger partial charge in [0, 0.05) is 18.0 Å². The van der Waals surface area contributed by atoms with Crippen LogP contribution in [0, 0.1) is 5.41 Å². The summed E-state index contributed by atoms with van der Waals surface area (Å²) >= 11 is 0. The number of rotatable bonds is 3. The molecule has 0 radical (unpaired) electrons. The lowest BCUT2D eigenvalue weighted by Crippen LogP contribution is -2.13. The SMILES string of the molecule is N=c1ncn(Cc2ccccc2)c2nc(-c3cccnc3)[nH]c12. The molecule has 2 N–H and O–H groups in total. The molecular weight excluding hydrogens is 288 g/mol. The summed E-state index contributed by atoms with van der Waals surface area (Å²) in [5.74, 6) is 0.691. The number of aromatic amines is 1. The third kappa shape index (κ3) is 2.50. The minimum Gasteiger partial charge on any atom is -0.333 e. The van der Waals surface area contributed by atoms with Crippen molar-refractivity contribution in [3.63, 3.8) is 0 Å². The second-order valence-electron chi connectivity index (χ2n) is 5.23. The van der Waals surface area contributed by atoms with Gasteiger partial charge in [0.25, 0.3) is 0 Å². The molecule has 0 fully saturated rings. The molecule has 0 aliphatic rings. The first-order valence-corrected chi connectivity index (χ1v) is 7.25. The fourth-order valence-corrected chi connectivity index (χ4v) is 2.52. The number of hydrogen-bond acceptors (Lipinski definition) is 4. The van der Waals surface area contributed by atoms with Crippen LogP contribution in [-0.4, -0.2) is 24.5 Å². The Morgan fingerprint density at radius 1 is 1.09 bits per heavy atom. The molecule has 0 unspecified atom stereocenters. The Morgan fingerprint density at radius 3 is 2.74 bits per heavy atom. The van der Waals surface area contributed by atoms with Gasteiger partial charge in [-0.15, -0.1) is 0 Å². The Morgan fingerprint density at radius 2 is 1.96 bits per heavy atom. The van der Waals surface area contributed by atoms with Crippen LogP contribution in [0.15, 0.2) is 61.2 Å². The van der Waals surface area contributed by atoms with Gasteiger partial charge in [-0.1, -0.05) is 30.3 Å². The molecule has 0 aliphatic heterocycles. The number of hydrogen-bond donors (Lipinski definition) is 2. The quantitative estimate of drug-likeness (QED) is 0.609. The van der Waals surface area contributed by atoms with E-state index in [9.17, 15) is 0 Å². The summed E-state index contributed by atoms with van der Waals surface area (Å²) in [5.41, 5.74) is 3.57. The summed E-state index contributed by atoms with van der Waals surface area (Å²) in [4.78, 5) is 16.1. The van der Waals surface area contributed by atoms with E-state index in [2.05, 4.69) is 32.1 Å². The number of nitrogens with one attached hydrogen (secondary N) is 2. The van der Waals surface area contributed by atoms with Gasteiger partial charge in [0.2, 0.25) is 0 Å². The molecule has 0 saturated carbocycles. The summed E-state index contributed by atoms with van der Waals surface area (Å²) < 4.78 is 1.94. The lowest BCUT2D eigenvalue weighted by Gasteiger charge is -2.06. The van der Waals surface area contributed by atoms with Gasteiger partial charge < -0.3 is 9.55 Å². The maximum atomic E-state index is 8.00. The summed E-state index contributed by atoms with van der Waals surface area (Å²) in [6.45, 7) is 0.655. The Balaban J connectivity index is 1.85. The van der Waals surface area contributed by atoms with Crippen molar-refractivity contribution in [1.82, 2.24) is 24.5 Å². The van der Waals surface area contributed by atoms with Crippen LogP contribution in [0.4, 0.5) is 0 Å². The molecule has 0 spiro atoms. The highest BCUT2D eigenvalue weighted by Gasteiger charge is 2.10. The molecule has 4 rings (SSSR count). The van der Waals surface area contributed by atoms with Crippen LogP contribution >= 0.6 is 0 Å². The van der Waals surface area contributed by atoms with Crippen LogP contribution in [0.3, 0.4) is 0 Å². The predicted molar refractivity (Wildman–Crippen MR) is 86.5 cm³/mol. The average Bonchev–Trinajstić information content (AvgIpc) is 3.06. The molecule has 0 bridgehead atoms. The van der Waals surface area contributed by atoms with Crippen molar-refractivity contribution in [3.8, 4) is 11.4 Å². The molecular formula is C17H14N6. The fourth-order valence-electron chi connectivity index (χ4n) is 2.52. The Bertz CT molecular complexity index is 1000. The van der Waals surface area contributed by atoms with E-state index >= 15 is 0 Å². The minimum absolute atomic E-state index is 0.187. The van der Waals surface area contributed by atoms with E-state index in [-0.39, 0.29) is 5.49 Å². The zero-order valence-corrected chi connectivity index (χ0v) is 12.3. The minimum atomic E-state index is 0.187. The van der Waals surface area contributed by atoms with E-state index in [1.54, 1.807) is 18.7 Å². The van der Waals surface area contributed by atoms with E-state index in [0.717, 1.165) is 11.1 Å². The lowest BCUT2D eigenvalue weighted by atomic mass is 10.2. The molecule has 0 atom stereocenters. The number of aromatic nitrogens is 5. The molecule has 3 heterocycles. The molecule has 0 aliphatic carbocycles. The number of benzene rings is 1. The van der Waals surface area contributed by atoms with Gasteiger partial charge in [0.1, 0.15) is 11.3 Å². The zero-order chi connectivity index (χ0) is 15.6. The lowest BCUT2D eigenvalue weighted by molar-refractivity contribution is 0.784. The maximum Gasteiger partial charge on any atom is 0.173 e. The van der Waals surface area contributed by atoms with E-state index in [1.807, 2.05) is 34.9 Å². The molecule has 4 aromatic rings. The van der Waals surface area contributed by atoms with Crippen molar-refractivity contribution in [3.05, 3.63) is 72.2 Å². The van der Waals surface area contributed by atoms with Gasteiger partial charge in [0.15, 0.2) is 11.1 Å². The summed E-state index contributed by atoms with van der Waals surface area (Å²) in [6.07, 6.45) is 5.13. The summed E-state index contributed by atoms with van der Waals surface area (Å²) in [6, 6.07) is 13.9. The Labute approximate surface area is 132 Å². The second kappa shape index (κ2) is 5.49. The molecule has 112 valence electrons. The standard InChI is InChI=1S/C17H14N6/c18-15-14-17(22-16(21-14)13-7-4-8-19-9-13)23(11-20-15)10-12-5-2-1-3-6-12/h1-9,11,18H,10H2,(H,21,22). The van der Waals surface area contributed by atoms with Gasteiger partial charge in [-0.3, -0.25) is 10.4 Å². The first-order chi connectivity index (χ1) is 11.3. The molecule has 6 nitrogen and oxygen atoms in total. The highest BCUT2D eigenvalue weighted by atomic mass is 15.1. The fraction of sp³-hybridized carbons (Fsp3) is 0.0588. The monoisotopic (exact) mass is 302 g/mol. The van der Waals surface area contributed by atoms with Crippen molar-refractivity contribution < 1.29 is 0 Å². The van der Waals surface area contributed by atoms with Crippen LogP contribution in [0.2, 0.25) is 0 Å². The molecule has 0 saturated heterocycles. The topological polar surface area (TPSA) is 83.2 Å². The van der Waals surface area contributed by atoms with Crippen molar-refractivity contribution in [1.29, 1.82) is 5.41 Å². The van der Waals surface area contributed by atoms with Crippen molar-refractivity contribution in [2.24, 2.45) is 0 Å². The van der Waals surface area contributed by atoms with Crippen LogP contribution in [-0.2, 0) is 6.54 Å². The average molecular weight is 302 g/mol. The molecule has 1 aromatic carbocycles. The van der Waals surface area contributed by atoms with E-state index < -0.39 is 0 Å². The third-order valence-electron chi connectivity index (χ3n) is 3.65. The Kier molecular flexibility index (Phi) is 3.20. The molecule has 3 aromatic heterocycles. The van der Waals surface area contributed by atoms with Gasteiger partial charge >= 0.3 is 0 Å². The first-order valence-electron chi connectivity index (χ1n) is 7.25. The smallest absolute Gasteiger partial charge is 0.173 e. The van der Waals surface area contributed by atoms with Crippen LogP contribution in [0.1, 0.15) is 5.56 Å². The number of H-pyrrole nitrogens is 1. The number of imidazole rings is 1. The predicted octanol–water partition coefficient (Wildman–Crippen LogP) is 2.35. The molecule has 0 amide bonds. The van der Waals surface area contributed by atoms with E-state index in [4.69, 9.17) is 5.41 Å². The van der Waals surface area contributed by atoms with Crippen LogP contribution < -0.4 is 5.49 Å². The van der Waals surface area contributed by atoms with E-state index in [1.165, 1.54) is 0 Å². The number of fused-ring (bicyclic) bond motifs is 1. The van der Waals surface area contributed by atoms with Crippen molar-refractivity contribution in [2.75, 3.05) is 0 Å². The zero-order valence-electron chi connectivity index (χ0n) is 12.3. The van der Waals surface area contributed by atoms with Gasteiger partial charge in [-0.05, 0) is 17.7 Å². The van der Waals surface area contributed by atoms with Crippen molar-refractivity contribution >= 4 is 11.2 Å². The van der Waals surface area contributed by atoms with Crippen molar-refractivity contribution in [2.45, 2.75) is 6.54 Å². The normalized spacial score (nSPS) is 11.0. The van der Waals surface area contributed by atoms with Crippen LogP contribution in [0.5, 0.6) is 0 Å². The third-order valence-corrected chi connectivity index (χ3v) is 3.65. The van der Waals surface area contributed by atoms with Gasteiger partial charge in [-0.25, -0.2) is 9.97 Å². The van der Waals surface area contributed by atoms with Gasteiger partial charge in [0.05, 0.1) is 12.9 Å². The summed E-state index contributed by atoms with van der Waals surface area (Å²) in [5, 5.41) is 8.00.